The van der Waals surface area contributed by atoms with Gasteiger partial charge in [0.2, 0.25) is 5.95 Å². The Morgan fingerprint density at radius 2 is 2.04 bits per heavy atom. The minimum atomic E-state index is -0.302. The third kappa shape index (κ3) is 5.20. The molecule has 1 aromatic heterocycles. The minimum absolute atomic E-state index is 0.285. The summed E-state index contributed by atoms with van der Waals surface area (Å²) in [5, 5.41) is 6.62. The highest BCUT2D eigenvalue weighted by molar-refractivity contribution is 6.30. The van der Waals surface area contributed by atoms with Crippen molar-refractivity contribution in [3.8, 4) is 5.75 Å². The van der Waals surface area contributed by atoms with Gasteiger partial charge in [0.1, 0.15) is 11.4 Å². The standard InChI is InChI=1S/C21H21ClN4O2/c1-14-12-16(22)6-7-18(14)25-20(27)19-9-11-24-21(26-19)23-10-8-15-4-3-5-17(13-15)28-2/h3-7,9,11-13H,8,10H2,1-2H3,(H,25,27)(H,23,24,26). The highest BCUT2D eigenvalue weighted by Crippen LogP contribution is 2.20. The number of hydrogen-bond donors (Lipinski definition) is 2. The van der Waals surface area contributed by atoms with Crippen molar-refractivity contribution in [2.24, 2.45) is 0 Å². The van der Waals surface area contributed by atoms with Crippen LogP contribution in [0.1, 0.15) is 21.6 Å². The van der Waals surface area contributed by atoms with Crippen molar-refractivity contribution in [1.82, 2.24) is 9.97 Å². The van der Waals surface area contributed by atoms with Crippen LogP contribution in [0.4, 0.5) is 11.6 Å². The van der Waals surface area contributed by atoms with E-state index >= 15 is 0 Å². The summed E-state index contributed by atoms with van der Waals surface area (Å²) in [5.74, 6) is 0.928. The summed E-state index contributed by atoms with van der Waals surface area (Å²) in [4.78, 5) is 21.0. The van der Waals surface area contributed by atoms with Crippen LogP contribution in [-0.4, -0.2) is 29.5 Å². The Hall–Kier alpha value is -3.12. The van der Waals surface area contributed by atoms with Gasteiger partial charge in [-0.05, 0) is 60.9 Å². The van der Waals surface area contributed by atoms with Crippen molar-refractivity contribution in [3.05, 3.63) is 76.6 Å². The molecule has 28 heavy (non-hydrogen) atoms. The van der Waals surface area contributed by atoms with Gasteiger partial charge in [-0.1, -0.05) is 23.7 Å². The number of methoxy groups -OCH3 is 1. The second-order valence-corrected chi connectivity index (χ2v) is 6.64. The molecule has 0 radical (unpaired) electrons. The van der Waals surface area contributed by atoms with Crippen LogP contribution in [0, 0.1) is 6.92 Å². The molecule has 0 fully saturated rings. The molecular weight excluding hydrogens is 376 g/mol. The molecule has 0 bridgehead atoms. The van der Waals surface area contributed by atoms with Gasteiger partial charge in [-0.2, -0.15) is 0 Å². The molecule has 2 aromatic carbocycles. The lowest BCUT2D eigenvalue weighted by molar-refractivity contribution is 0.102. The smallest absolute Gasteiger partial charge is 0.274 e. The molecule has 0 aliphatic carbocycles. The van der Waals surface area contributed by atoms with Gasteiger partial charge in [-0.25, -0.2) is 9.97 Å². The highest BCUT2D eigenvalue weighted by atomic mass is 35.5. The monoisotopic (exact) mass is 396 g/mol. The molecule has 0 atom stereocenters. The summed E-state index contributed by atoms with van der Waals surface area (Å²) in [6.45, 7) is 2.52. The number of anilines is 2. The molecule has 2 N–H and O–H groups in total. The fourth-order valence-electron chi connectivity index (χ4n) is 2.67. The minimum Gasteiger partial charge on any atom is -0.497 e. The zero-order valence-electron chi connectivity index (χ0n) is 15.7. The van der Waals surface area contributed by atoms with E-state index in [-0.39, 0.29) is 11.6 Å². The van der Waals surface area contributed by atoms with Gasteiger partial charge in [0.05, 0.1) is 7.11 Å². The molecule has 0 aliphatic rings. The zero-order valence-corrected chi connectivity index (χ0v) is 16.5. The van der Waals surface area contributed by atoms with Gasteiger partial charge in [0, 0.05) is 23.5 Å². The average Bonchev–Trinajstić information content (AvgIpc) is 2.70. The summed E-state index contributed by atoms with van der Waals surface area (Å²) in [5.41, 5.74) is 3.00. The molecule has 144 valence electrons. The van der Waals surface area contributed by atoms with E-state index in [1.807, 2.05) is 31.2 Å². The van der Waals surface area contributed by atoms with E-state index < -0.39 is 0 Å². The SMILES string of the molecule is COc1cccc(CCNc2nccc(C(=O)Nc3ccc(Cl)cc3C)n2)c1. The summed E-state index contributed by atoms with van der Waals surface area (Å²) in [6.07, 6.45) is 2.34. The Balaban J connectivity index is 1.60. The molecule has 0 spiro atoms. The Kier molecular flexibility index (Phi) is 6.45. The van der Waals surface area contributed by atoms with E-state index in [1.165, 1.54) is 0 Å². The normalized spacial score (nSPS) is 10.4. The largest absolute Gasteiger partial charge is 0.497 e. The molecule has 1 heterocycles. The number of nitrogens with one attached hydrogen (secondary N) is 2. The van der Waals surface area contributed by atoms with Crippen LogP contribution in [-0.2, 0) is 6.42 Å². The van der Waals surface area contributed by atoms with Crippen LogP contribution in [0.5, 0.6) is 5.75 Å². The molecule has 0 unspecified atom stereocenters. The Bertz CT molecular complexity index is 978. The number of benzene rings is 2. The number of nitrogens with zero attached hydrogens (tertiary/aromatic N) is 2. The third-order valence-corrected chi connectivity index (χ3v) is 4.39. The first-order valence-corrected chi connectivity index (χ1v) is 9.20. The number of carbonyl (C=O) groups is 1. The maximum absolute atomic E-state index is 12.5. The maximum Gasteiger partial charge on any atom is 0.274 e. The third-order valence-electron chi connectivity index (χ3n) is 4.16. The second kappa shape index (κ2) is 9.19. The lowest BCUT2D eigenvalue weighted by Crippen LogP contribution is -2.16. The molecule has 7 heteroatoms. The Labute approximate surface area is 168 Å². The van der Waals surface area contributed by atoms with Crippen molar-refractivity contribution in [1.29, 1.82) is 0 Å². The zero-order chi connectivity index (χ0) is 19.9. The first-order chi connectivity index (χ1) is 13.5. The van der Waals surface area contributed by atoms with E-state index in [9.17, 15) is 4.79 Å². The van der Waals surface area contributed by atoms with Gasteiger partial charge < -0.3 is 15.4 Å². The van der Waals surface area contributed by atoms with Crippen LogP contribution in [0.15, 0.2) is 54.7 Å². The molecule has 3 aromatic rings. The number of aromatic nitrogens is 2. The summed E-state index contributed by atoms with van der Waals surface area (Å²) in [7, 11) is 1.65. The van der Waals surface area contributed by atoms with E-state index in [0.717, 1.165) is 23.3 Å². The first-order valence-electron chi connectivity index (χ1n) is 8.82. The van der Waals surface area contributed by atoms with Gasteiger partial charge in [0.15, 0.2) is 0 Å². The number of rotatable bonds is 7. The van der Waals surface area contributed by atoms with Crippen LogP contribution < -0.4 is 15.4 Å². The molecule has 0 aliphatic heterocycles. The first kappa shape index (κ1) is 19.6. The Morgan fingerprint density at radius 1 is 1.18 bits per heavy atom. The summed E-state index contributed by atoms with van der Waals surface area (Å²) in [6, 6.07) is 14.7. The lowest BCUT2D eigenvalue weighted by Gasteiger charge is -2.10. The van der Waals surface area contributed by atoms with Gasteiger partial charge in [0.25, 0.3) is 5.91 Å². The lowest BCUT2D eigenvalue weighted by atomic mass is 10.1. The molecule has 0 saturated heterocycles. The van der Waals surface area contributed by atoms with Crippen molar-refractivity contribution in [2.45, 2.75) is 13.3 Å². The number of aryl methyl sites for hydroxylation is 1. The fourth-order valence-corrected chi connectivity index (χ4v) is 2.90. The number of hydrogen-bond acceptors (Lipinski definition) is 5. The average molecular weight is 397 g/mol. The van der Waals surface area contributed by atoms with Gasteiger partial charge >= 0.3 is 0 Å². The van der Waals surface area contributed by atoms with E-state index in [4.69, 9.17) is 16.3 Å². The van der Waals surface area contributed by atoms with Gasteiger partial charge in [-0.15, -0.1) is 0 Å². The van der Waals surface area contributed by atoms with Crippen molar-refractivity contribution < 1.29 is 9.53 Å². The topological polar surface area (TPSA) is 76.1 Å². The fraction of sp³-hybridized carbons (Fsp3) is 0.190. The number of halogens is 1. The van der Waals surface area contributed by atoms with E-state index in [2.05, 4.69) is 20.6 Å². The summed E-state index contributed by atoms with van der Waals surface area (Å²) < 4.78 is 5.23. The molecule has 3 rings (SSSR count). The van der Waals surface area contributed by atoms with Crippen molar-refractivity contribution in [2.75, 3.05) is 24.3 Å². The highest BCUT2D eigenvalue weighted by Gasteiger charge is 2.11. The van der Waals surface area contributed by atoms with Crippen molar-refractivity contribution >= 4 is 29.1 Å². The van der Waals surface area contributed by atoms with Crippen LogP contribution >= 0.6 is 11.6 Å². The second-order valence-electron chi connectivity index (χ2n) is 6.21. The predicted molar refractivity (Wildman–Crippen MR) is 111 cm³/mol. The van der Waals surface area contributed by atoms with Crippen LogP contribution in [0.2, 0.25) is 5.02 Å². The summed E-state index contributed by atoms with van der Waals surface area (Å²) >= 11 is 5.95. The Morgan fingerprint density at radius 3 is 2.82 bits per heavy atom. The maximum atomic E-state index is 12.5. The predicted octanol–water partition coefficient (Wildman–Crippen LogP) is 4.35. The quantitative estimate of drug-likeness (QED) is 0.620. The molecule has 0 saturated carbocycles. The van der Waals surface area contributed by atoms with E-state index in [0.29, 0.717) is 23.2 Å². The van der Waals surface area contributed by atoms with Crippen molar-refractivity contribution in [3.63, 3.8) is 0 Å². The van der Waals surface area contributed by atoms with Gasteiger partial charge in [-0.3, -0.25) is 4.79 Å². The van der Waals surface area contributed by atoms with E-state index in [1.54, 1.807) is 37.6 Å². The van der Waals surface area contributed by atoms with Crippen LogP contribution in [0.25, 0.3) is 0 Å². The van der Waals surface area contributed by atoms with Crippen LogP contribution in [0.3, 0.4) is 0 Å². The molecule has 6 nitrogen and oxygen atoms in total. The number of ether oxygens (including phenoxy) is 1. The molecule has 1 amide bonds. The number of amides is 1. The molecular formula is C21H21ClN4O2. The number of carbonyl (C=O) groups excluding carboxylic acids is 1.